The second-order valence-corrected chi connectivity index (χ2v) is 6.12. The van der Waals surface area contributed by atoms with Crippen LogP contribution in [0.1, 0.15) is 12.8 Å². The minimum atomic E-state index is -0.962. The molecule has 0 fully saturated rings. The smallest absolute Gasteiger partial charge is 0.320 e. The van der Waals surface area contributed by atoms with Crippen LogP contribution in [0, 0.1) is 0 Å². The van der Waals surface area contributed by atoms with Gasteiger partial charge in [-0.15, -0.1) is 9.45 Å². The molecule has 3 unspecified atom stereocenters. The standard InChI is InChI=1S/C7H16N2O2S2/c1-13(12)5(4-8)2-3-6(9)7(10)11/h5-6H,2-4,8-9H2,1H3,(H,10,11). The van der Waals surface area contributed by atoms with Crippen LogP contribution in [0.4, 0.5) is 0 Å². The molecule has 0 saturated carbocycles. The van der Waals surface area contributed by atoms with Crippen LogP contribution in [0.25, 0.3) is 0 Å². The maximum Gasteiger partial charge on any atom is 0.320 e. The number of aliphatic carboxylic acids is 1. The molecule has 3 atom stereocenters. The van der Waals surface area contributed by atoms with Gasteiger partial charge in [0, 0.05) is 11.8 Å². The van der Waals surface area contributed by atoms with Crippen molar-refractivity contribution in [1.82, 2.24) is 0 Å². The maximum absolute atomic E-state index is 10.4. The largest absolute Gasteiger partial charge is 0.480 e. The summed E-state index contributed by atoms with van der Waals surface area (Å²) in [7, 11) is -0.173. The first kappa shape index (κ1) is 13.0. The quantitative estimate of drug-likeness (QED) is 0.550. The fraction of sp³-hybridized carbons (Fsp3) is 0.857. The third-order valence-corrected chi connectivity index (χ3v) is 4.03. The van der Waals surface area contributed by atoms with Gasteiger partial charge < -0.3 is 16.6 Å². The Kier molecular flexibility index (Phi) is 6.40. The molecular formula is C7H16N2O2S2. The van der Waals surface area contributed by atoms with Gasteiger partial charge in [-0.3, -0.25) is 4.79 Å². The Morgan fingerprint density at radius 1 is 1.62 bits per heavy atom. The number of hydrogen-bond acceptors (Lipinski definition) is 4. The molecule has 78 valence electrons. The Morgan fingerprint density at radius 2 is 2.15 bits per heavy atom. The SMILES string of the molecule is CS(=S)C(CN)CCC(N)C(=O)O. The van der Waals surface area contributed by atoms with E-state index in [4.69, 9.17) is 27.8 Å². The van der Waals surface area contributed by atoms with Crippen molar-refractivity contribution in [1.29, 1.82) is 0 Å². The van der Waals surface area contributed by atoms with Crippen molar-refractivity contribution in [3.63, 3.8) is 0 Å². The topological polar surface area (TPSA) is 89.3 Å². The Bertz CT molecular complexity index is 199. The predicted octanol–water partition coefficient (Wildman–Crippen LogP) is -0.784. The van der Waals surface area contributed by atoms with Crippen LogP contribution in [-0.4, -0.2) is 35.2 Å². The number of carboxylic acids is 1. The van der Waals surface area contributed by atoms with Gasteiger partial charge in [-0.2, -0.15) is 0 Å². The van der Waals surface area contributed by atoms with Gasteiger partial charge in [-0.1, -0.05) is 11.2 Å². The lowest BCUT2D eigenvalue weighted by atomic mass is 10.1. The molecule has 0 aromatic carbocycles. The number of rotatable bonds is 6. The normalized spacial score (nSPS) is 17.8. The number of carbonyl (C=O) groups is 1. The summed E-state index contributed by atoms with van der Waals surface area (Å²) in [6.45, 7) is 0.509. The first-order valence-corrected chi connectivity index (χ1v) is 6.61. The first-order valence-electron chi connectivity index (χ1n) is 3.99. The van der Waals surface area contributed by atoms with Gasteiger partial charge in [0.2, 0.25) is 0 Å². The molecule has 13 heavy (non-hydrogen) atoms. The van der Waals surface area contributed by atoms with Crippen molar-refractivity contribution in [3.8, 4) is 0 Å². The molecule has 0 heterocycles. The van der Waals surface area contributed by atoms with Crippen molar-refractivity contribution in [3.05, 3.63) is 0 Å². The highest BCUT2D eigenvalue weighted by Crippen LogP contribution is 2.05. The van der Waals surface area contributed by atoms with Gasteiger partial charge in [0.05, 0.1) is 0 Å². The van der Waals surface area contributed by atoms with Gasteiger partial charge >= 0.3 is 5.97 Å². The van der Waals surface area contributed by atoms with Crippen LogP contribution >= 0.6 is 0 Å². The summed E-state index contributed by atoms with van der Waals surface area (Å²) in [5.74, 6) is -0.962. The molecule has 0 rings (SSSR count). The van der Waals surface area contributed by atoms with Crippen molar-refractivity contribution in [2.75, 3.05) is 12.8 Å². The highest BCUT2D eigenvalue weighted by atomic mass is 32.8. The zero-order valence-electron chi connectivity index (χ0n) is 7.60. The van der Waals surface area contributed by atoms with Crippen LogP contribution in [0.2, 0.25) is 0 Å². The van der Waals surface area contributed by atoms with Gasteiger partial charge in [0.15, 0.2) is 0 Å². The van der Waals surface area contributed by atoms with Crippen LogP contribution in [0.3, 0.4) is 0 Å². The minimum absolute atomic E-state index is 0.173. The van der Waals surface area contributed by atoms with Gasteiger partial charge in [0.1, 0.15) is 6.04 Å². The van der Waals surface area contributed by atoms with E-state index in [9.17, 15) is 4.79 Å². The average molecular weight is 224 g/mol. The van der Waals surface area contributed by atoms with Gasteiger partial charge in [-0.05, 0) is 19.1 Å². The molecule has 0 radical (unpaired) electrons. The van der Waals surface area contributed by atoms with E-state index in [1.807, 2.05) is 6.26 Å². The second kappa shape index (κ2) is 6.42. The van der Waals surface area contributed by atoms with Crippen molar-refractivity contribution >= 4 is 26.6 Å². The number of carboxylic acid groups (broad SMARTS) is 1. The molecule has 0 saturated heterocycles. The second-order valence-electron chi connectivity index (χ2n) is 2.88. The summed E-state index contributed by atoms with van der Waals surface area (Å²) >= 11 is 5.08. The maximum atomic E-state index is 10.4. The van der Waals surface area contributed by atoms with E-state index in [0.717, 1.165) is 0 Å². The van der Waals surface area contributed by atoms with E-state index in [1.54, 1.807) is 0 Å². The summed E-state index contributed by atoms with van der Waals surface area (Å²) in [5.41, 5.74) is 10.8. The summed E-state index contributed by atoms with van der Waals surface area (Å²) in [5, 5.41) is 8.75. The Hall–Kier alpha value is -0.0400. The zero-order valence-corrected chi connectivity index (χ0v) is 9.24. The molecule has 0 aliphatic carbocycles. The number of hydrogen-bond donors (Lipinski definition) is 3. The van der Waals surface area contributed by atoms with E-state index in [0.29, 0.717) is 19.4 Å². The highest BCUT2D eigenvalue weighted by Gasteiger charge is 2.15. The molecule has 0 aromatic rings. The molecule has 0 aliphatic rings. The number of nitrogens with two attached hydrogens (primary N) is 2. The molecule has 0 amide bonds. The summed E-state index contributed by atoms with van der Waals surface area (Å²) in [4.78, 5) is 10.4. The molecule has 5 N–H and O–H groups in total. The monoisotopic (exact) mass is 224 g/mol. The fourth-order valence-electron chi connectivity index (χ4n) is 0.908. The Balaban J connectivity index is 3.85. The van der Waals surface area contributed by atoms with Crippen LogP contribution in [0.5, 0.6) is 0 Å². The molecule has 0 bridgehead atoms. The van der Waals surface area contributed by atoms with E-state index >= 15 is 0 Å². The lowest BCUT2D eigenvalue weighted by molar-refractivity contribution is -0.138. The van der Waals surface area contributed by atoms with Gasteiger partial charge in [0.25, 0.3) is 0 Å². The van der Waals surface area contributed by atoms with E-state index in [-0.39, 0.29) is 14.7 Å². The zero-order chi connectivity index (χ0) is 10.4. The van der Waals surface area contributed by atoms with Crippen LogP contribution in [-0.2, 0) is 25.4 Å². The van der Waals surface area contributed by atoms with Crippen molar-refractivity contribution < 1.29 is 9.90 Å². The third-order valence-electron chi connectivity index (χ3n) is 1.85. The Morgan fingerprint density at radius 3 is 2.46 bits per heavy atom. The van der Waals surface area contributed by atoms with E-state index in [1.165, 1.54) is 0 Å². The van der Waals surface area contributed by atoms with E-state index in [2.05, 4.69) is 0 Å². The third kappa shape index (κ3) is 5.30. The molecular weight excluding hydrogens is 208 g/mol. The minimum Gasteiger partial charge on any atom is -0.480 e. The summed E-state index contributed by atoms with van der Waals surface area (Å²) < 4.78 is 0. The van der Waals surface area contributed by atoms with E-state index < -0.39 is 12.0 Å². The van der Waals surface area contributed by atoms with Crippen LogP contribution < -0.4 is 11.5 Å². The van der Waals surface area contributed by atoms with Crippen molar-refractivity contribution in [2.45, 2.75) is 24.1 Å². The molecule has 0 spiro atoms. The molecule has 4 nitrogen and oxygen atoms in total. The molecule has 0 aromatic heterocycles. The Labute approximate surface area is 85.3 Å². The molecule has 6 heteroatoms. The van der Waals surface area contributed by atoms with Crippen molar-refractivity contribution in [2.24, 2.45) is 11.5 Å². The fourth-order valence-corrected chi connectivity index (χ4v) is 2.17. The lowest BCUT2D eigenvalue weighted by Crippen LogP contribution is -2.33. The summed E-state index contributed by atoms with van der Waals surface area (Å²) in [6.07, 6.45) is 3.08. The predicted molar refractivity (Wildman–Crippen MR) is 58.3 cm³/mol. The highest BCUT2D eigenvalue weighted by molar-refractivity contribution is 8.28. The van der Waals surface area contributed by atoms with Crippen LogP contribution in [0.15, 0.2) is 0 Å². The van der Waals surface area contributed by atoms with Gasteiger partial charge in [-0.25, -0.2) is 0 Å². The summed E-state index contributed by atoms with van der Waals surface area (Å²) in [6, 6.07) is -0.785. The molecule has 0 aliphatic heterocycles. The first-order chi connectivity index (χ1) is 5.99. The lowest BCUT2D eigenvalue weighted by Gasteiger charge is -2.15. The average Bonchev–Trinajstić information content (AvgIpc) is 2.04.